The molecule has 0 atom stereocenters. The number of carbonyl (C=O) groups excluding carboxylic acids is 2. The number of amides is 2. The fraction of sp³-hybridized carbons (Fsp3) is 0.375. The Balaban J connectivity index is 1.43. The maximum Gasteiger partial charge on any atom is 0.255 e. The lowest BCUT2D eigenvalue weighted by atomic mass is 10.2. The molecule has 3 aromatic rings. The van der Waals surface area contributed by atoms with E-state index in [0.29, 0.717) is 35.7 Å². The van der Waals surface area contributed by atoms with E-state index >= 15 is 0 Å². The smallest absolute Gasteiger partial charge is 0.255 e. The maximum absolute atomic E-state index is 12.6. The second-order valence-electron chi connectivity index (χ2n) is 9.35. The molecule has 0 aliphatic carbocycles. The minimum Gasteiger partial charge on any atom is -0.494 e. The molecule has 202 valence electrons. The Bertz CT molecular complexity index is 1020. The molecule has 2 N–H and O–H groups in total. The van der Waals surface area contributed by atoms with Crippen LogP contribution in [-0.2, 0) is 0 Å². The molecule has 0 aliphatic rings. The molecule has 2 amide bonds. The molecule has 3 rings (SSSR count). The number of nitrogens with one attached hydrogen (secondary N) is 2. The molecule has 0 saturated heterocycles. The Morgan fingerprint density at radius 2 is 0.895 bits per heavy atom. The summed E-state index contributed by atoms with van der Waals surface area (Å²) in [5, 5.41) is 5.77. The number of carbonyl (C=O) groups is 2. The van der Waals surface area contributed by atoms with Gasteiger partial charge in [-0.05, 0) is 85.6 Å². The molecule has 0 bridgehead atoms. The molecule has 0 saturated carbocycles. The average molecular weight is 517 g/mol. The molecule has 0 aliphatic heterocycles. The molecule has 0 spiro atoms. The lowest BCUT2D eigenvalue weighted by Crippen LogP contribution is -2.13. The van der Waals surface area contributed by atoms with Gasteiger partial charge >= 0.3 is 0 Å². The summed E-state index contributed by atoms with van der Waals surface area (Å²) in [6.07, 6.45) is 9.25. The van der Waals surface area contributed by atoms with E-state index in [4.69, 9.17) is 9.47 Å². The van der Waals surface area contributed by atoms with E-state index in [9.17, 15) is 9.59 Å². The fourth-order valence-corrected chi connectivity index (χ4v) is 3.89. The highest BCUT2D eigenvalue weighted by Crippen LogP contribution is 2.19. The van der Waals surface area contributed by atoms with E-state index in [1.807, 2.05) is 24.3 Å². The largest absolute Gasteiger partial charge is 0.494 e. The van der Waals surface area contributed by atoms with Crippen molar-refractivity contribution in [2.45, 2.75) is 65.2 Å². The van der Waals surface area contributed by atoms with Gasteiger partial charge in [0.1, 0.15) is 11.5 Å². The van der Waals surface area contributed by atoms with Gasteiger partial charge in [-0.15, -0.1) is 0 Å². The molecule has 0 radical (unpaired) electrons. The number of rotatable bonds is 16. The summed E-state index contributed by atoms with van der Waals surface area (Å²) < 4.78 is 11.5. The quantitative estimate of drug-likeness (QED) is 0.189. The minimum atomic E-state index is -0.205. The zero-order valence-electron chi connectivity index (χ0n) is 22.6. The van der Waals surface area contributed by atoms with E-state index in [0.717, 1.165) is 24.3 Å². The lowest BCUT2D eigenvalue weighted by molar-refractivity contribution is 0.101. The van der Waals surface area contributed by atoms with Crippen molar-refractivity contribution in [3.63, 3.8) is 0 Å². The summed E-state index contributed by atoms with van der Waals surface area (Å²) in [6.45, 7) is 5.75. The summed E-state index contributed by atoms with van der Waals surface area (Å²) >= 11 is 0. The van der Waals surface area contributed by atoms with Crippen molar-refractivity contribution in [3.05, 3.63) is 83.9 Å². The van der Waals surface area contributed by atoms with E-state index in [1.165, 1.54) is 38.5 Å². The van der Waals surface area contributed by atoms with Crippen molar-refractivity contribution in [1.82, 2.24) is 0 Å². The third-order valence-electron chi connectivity index (χ3n) is 6.17. The van der Waals surface area contributed by atoms with Crippen molar-refractivity contribution in [2.24, 2.45) is 0 Å². The Morgan fingerprint density at radius 3 is 1.24 bits per heavy atom. The second-order valence-corrected chi connectivity index (χ2v) is 9.35. The summed E-state index contributed by atoms with van der Waals surface area (Å²) in [6, 6.07) is 21.4. The van der Waals surface area contributed by atoms with Gasteiger partial charge in [0.15, 0.2) is 0 Å². The number of hydrogen-bond acceptors (Lipinski definition) is 4. The third-order valence-corrected chi connectivity index (χ3v) is 6.17. The van der Waals surface area contributed by atoms with Gasteiger partial charge in [-0.25, -0.2) is 0 Å². The van der Waals surface area contributed by atoms with Crippen LogP contribution in [0.4, 0.5) is 11.4 Å². The van der Waals surface area contributed by atoms with Crippen molar-refractivity contribution < 1.29 is 19.1 Å². The summed E-state index contributed by atoms with van der Waals surface area (Å²) in [5.41, 5.74) is 2.39. The summed E-state index contributed by atoms with van der Waals surface area (Å²) in [4.78, 5) is 25.2. The van der Waals surface area contributed by atoms with Crippen LogP contribution in [0.1, 0.15) is 85.9 Å². The third kappa shape index (κ3) is 9.92. The Kier molecular flexibility index (Phi) is 12.2. The first-order valence-electron chi connectivity index (χ1n) is 13.8. The van der Waals surface area contributed by atoms with Gasteiger partial charge in [-0.2, -0.15) is 0 Å². The Morgan fingerprint density at radius 1 is 0.526 bits per heavy atom. The van der Waals surface area contributed by atoms with Gasteiger partial charge in [0, 0.05) is 22.5 Å². The predicted octanol–water partition coefficient (Wildman–Crippen LogP) is 8.11. The standard InChI is InChI=1S/C32H40N2O4/c1-3-5-7-9-23-37-29-19-11-25(12-20-29)31(35)33-27-15-17-28(18-16-27)34-32(36)26-13-21-30(22-14-26)38-24-10-8-6-4-2/h11-22H,3-10,23-24H2,1-2H3,(H,33,35)(H,34,36). The first-order chi connectivity index (χ1) is 18.6. The molecule has 0 aromatic heterocycles. The molecule has 0 heterocycles. The number of hydrogen-bond donors (Lipinski definition) is 2. The zero-order valence-corrected chi connectivity index (χ0v) is 22.6. The monoisotopic (exact) mass is 516 g/mol. The van der Waals surface area contributed by atoms with Crippen LogP contribution in [0, 0.1) is 0 Å². The minimum absolute atomic E-state index is 0.205. The van der Waals surface area contributed by atoms with Crippen LogP contribution in [0.3, 0.4) is 0 Å². The SMILES string of the molecule is CCCCCCOc1ccc(C(=O)Nc2ccc(NC(=O)c3ccc(OCCCCCC)cc3)cc2)cc1. The normalized spacial score (nSPS) is 10.6. The number of benzene rings is 3. The zero-order chi connectivity index (χ0) is 27.0. The van der Waals surface area contributed by atoms with Crippen molar-refractivity contribution in [3.8, 4) is 11.5 Å². The highest BCUT2D eigenvalue weighted by molar-refractivity contribution is 6.05. The van der Waals surface area contributed by atoms with Crippen LogP contribution in [0.25, 0.3) is 0 Å². The summed E-state index contributed by atoms with van der Waals surface area (Å²) in [5.74, 6) is 1.12. The van der Waals surface area contributed by atoms with Gasteiger partial charge in [-0.1, -0.05) is 52.4 Å². The molecular weight excluding hydrogens is 476 g/mol. The van der Waals surface area contributed by atoms with E-state index in [1.54, 1.807) is 48.5 Å². The Hall–Kier alpha value is -3.80. The molecule has 0 unspecified atom stereocenters. The van der Waals surface area contributed by atoms with Crippen LogP contribution >= 0.6 is 0 Å². The average Bonchev–Trinajstić information content (AvgIpc) is 2.94. The Labute approximate surface area is 226 Å². The first-order valence-corrected chi connectivity index (χ1v) is 13.8. The number of anilines is 2. The van der Waals surface area contributed by atoms with E-state index in [-0.39, 0.29) is 11.8 Å². The van der Waals surface area contributed by atoms with Gasteiger partial charge in [-0.3, -0.25) is 9.59 Å². The topological polar surface area (TPSA) is 76.7 Å². The molecule has 3 aromatic carbocycles. The number of ether oxygens (including phenoxy) is 2. The van der Waals surface area contributed by atoms with E-state index in [2.05, 4.69) is 24.5 Å². The summed E-state index contributed by atoms with van der Waals surface area (Å²) in [7, 11) is 0. The van der Waals surface area contributed by atoms with Crippen LogP contribution in [0.5, 0.6) is 11.5 Å². The van der Waals surface area contributed by atoms with Crippen molar-refractivity contribution in [2.75, 3.05) is 23.8 Å². The predicted molar refractivity (Wildman–Crippen MR) is 155 cm³/mol. The van der Waals surface area contributed by atoms with Crippen LogP contribution in [0.2, 0.25) is 0 Å². The van der Waals surface area contributed by atoms with E-state index < -0.39 is 0 Å². The molecule has 0 fully saturated rings. The number of unbranched alkanes of at least 4 members (excludes halogenated alkanes) is 6. The molecular formula is C32H40N2O4. The van der Waals surface area contributed by atoms with Gasteiger partial charge in [0.25, 0.3) is 11.8 Å². The maximum atomic E-state index is 12.6. The van der Waals surface area contributed by atoms with Crippen molar-refractivity contribution >= 4 is 23.2 Å². The second kappa shape index (κ2) is 16.1. The van der Waals surface area contributed by atoms with Crippen LogP contribution < -0.4 is 20.1 Å². The highest BCUT2D eigenvalue weighted by atomic mass is 16.5. The first kappa shape index (κ1) is 28.8. The highest BCUT2D eigenvalue weighted by Gasteiger charge is 2.09. The molecule has 6 nitrogen and oxygen atoms in total. The lowest BCUT2D eigenvalue weighted by Gasteiger charge is -2.10. The molecule has 38 heavy (non-hydrogen) atoms. The van der Waals surface area contributed by atoms with Gasteiger partial charge < -0.3 is 20.1 Å². The van der Waals surface area contributed by atoms with Gasteiger partial charge in [0.2, 0.25) is 0 Å². The van der Waals surface area contributed by atoms with Crippen molar-refractivity contribution in [1.29, 1.82) is 0 Å². The van der Waals surface area contributed by atoms with Crippen LogP contribution in [0.15, 0.2) is 72.8 Å². The molecule has 6 heteroatoms. The fourth-order valence-electron chi connectivity index (χ4n) is 3.89. The van der Waals surface area contributed by atoms with Crippen LogP contribution in [-0.4, -0.2) is 25.0 Å². The van der Waals surface area contributed by atoms with Gasteiger partial charge in [0.05, 0.1) is 13.2 Å².